The minimum absolute atomic E-state index is 0.189. The van der Waals surface area contributed by atoms with Gasteiger partial charge >= 0.3 is 0 Å². The van der Waals surface area contributed by atoms with Gasteiger partial charge in [0, 0.05) is 19.6 Å². The van der Waals surface area contributed by atoms with Crippen LogP contribution in [-0.2, 0) is 13.6 Å². The SMILES string of the molecule is CC(C)Oc1cccc(C(C)NCc2cnnn2C)c1. The predicted octanol–water partition coefficient (Wildman–Crippen LogP) is 2.45. The lowest BCUT2D eigenvalue weighted by Crippen LogP contribution is -2.20. The fourth-order valence-corrected chi connectivity index (χ4v) is 1.98. The van der Waals surface area contributed by atoms with Gasteiger partial charge in [-0.3, -0.25) is 4.68 Å². The number of rotatable bonds is 6. The summed E-state index contributed by atoms with van der Waals surface area (Å²) < 4.78 is 7.50. The van der Waals surface area contributed by atoms with Crippen LogP contribution in [0.1, 0.15) is 38.1 Å². The molecule has 1 aromatic heterocycles. The van der Waals surface area contributed by atoms with Crippen LogP contribution >= 0.6 is 0 Å². The van der Waals surface area contributed by atoms with E-state index >= 15 is 0 Å². The quantitative estimate of drug-likeness (QED) is 0.879. The molecule has 1 atom stereocenters. The second kappa shape index (κ2) is 6.52. The zero-order valence-electron chi connectivity index (χ0n) is 12.5. The van der Waals surface area contributed by atoms with Gasteiger partial charge in [0.15, 0.2) is 0 Å². The van der Waals surface area contributed by atoms with Crippen molar-refractivity contribution in [3.63, 3.8) is 0 Å². The molecular formula is C15H22N4O. The Balaban J connectivity index is 1.98. The molecule has 0 amide bonds. The first-order chi connectivity index (χ1) is 9.56. The molecule has 108 valence electrons. The molecule has 0 fully saturated rings. The van der Waals surface area contributed by atoms with E-state index in [1.165, 1.54) is 5.56 Å². The molecule has 0 bridgehead atoms. The Hall–Kier alpha value is -1.88. The molecule has 1 aromatic carbocycles. The average molecular weight is 274 g/mol. The normalized spacial score (nSPS) is 12.7. The Bertz CT molecular complexity index is 550. The zero-order chi connectivity index (χ0) is 14.5. The maximum Gasteiger partial charge on any atom is 0.120 e. The summed E-state index contributed by atoms with van der Waals surface area (Å²) in [5, 5.41) is 11.3. The second-order valence-electron chi connectivity index (χ2n) is 5.19. The number of hydrogen-bond donors (Lipinski definition) is 1. The summed E-state index contributed by atoms with van der Waals surface area (Å²) in [4.78, 5) is 0. The van der Waals surface area contributed by atoms with Gasteiger partial charge in [0.05, 0.1) is 18.0 Å². The first-order valence-electron chi connectivity index (χ1n) is 6.90. The summed E-state index contributed by atoms with van der Waals surface area (Å²) in [7, 11) is 1.89. The Morgan fingerprint density at radius 3 is 2.75 bits per heavy atom. The lowest BCUT2D eigenvalue weighted by Gasteiger charge is -2.16. The summed E-state index contributed by atoms with van der Waals surface area (Å²) in [5.74, 6) is 0.911. The molecule has 0 saturated carbocycles. The van der Waals surface area contributed by atoms with Crippen molar-refractivity contribution in [1.82, 2.24) is 20.3 Å². The van der Waals surface area contributed by atoms with Crippen molar-refractivity contribution in [2.45, 2.75) is 39.5 Å². The fraction of sp³-hybridized carbons (Fsp3) is 0.467. The highest BCUT2D eigenvalue weighted by molar-refractivity contribution is 5.30. The van der Waals surface area contributed by atoms with Crippen LogP contribution in [0.2, 0.25) is 0 Å². The molecule has 1 N–H and O–H groups in total. The third-order valence-corrected chi connectivity index (χ3v) is 3.13. The highest BCUT2D eigenvalue weighted by atomic mass is 16.5. The van der Waals surface area contributed by atoms with Gasteiger partial charge in [-0.2, -0.15) is 0 Å². The second-order valence-corrected chi connectivity index (χ2v) is 5.19. The first kappa shape index (κ1) is 14.5. The van der Waals surface area contributed by atoms with Gasteiger partial charge in [0.2, 0.25) is 0 Å². The van der Waals surface area contributed by atoms with E-state index in [1.807, 2.05) is 33.0 Å². The summed E-state index contributed by atoms with van der Waals surface area (Å²) in [6, 6.07) is 8.43. The summed E-state index contributed by atoms with van der Waals surface area (Å²) in [6.07, 6.45) is 1.96. The molecular weight excluding hydrogens is 252 g/mol. The molecule has 1 heterocycles. The number of hydrogen-bond acceptors (Lipinski definition) is 4. The molecule has 20 heavy (non-hydrogen) atoms. The molecule has 0 aliphatic carbocycles. The molecule has 5 nitrogen and oxygen atoms in total. The van der Waals surface area contributed by atoms with Crippen LogP contribution in [0.25, 0.3) is 0 Å². The molecule has 2 aromatic rings. The fourth-order valence-electron chi connectivity index (χ4n) is 1.98. The van der Waals surface area contributed by atoms with Crippen molar-refractivity contribution in [2.75, 3.05) is 0 Å². The van der Waals surface area contributed by atoms with Crippen LogP contribution in [0.4, 0.5) is 0 Å². The molecule has 0 aliphatic rings. The van der Waals surface area contributed by atoms with Gasteiger partial charge in [-0.25, -0.2) is 0 Å². The largest absolute Gasteiger partial charge is 0.491 e. The van der Waals surface area contributed by atoms with Crippen LogP contribution < -0.4 is 10.1 Å². The summed E-state index contributed by atoms with van der Waals surface area (Å²) >= 11 is 0. The molecule has 0 radical (unpaired) electrons. The van der Waals surface area contributed by atoms with E-state index < -0.39 is 0 Å². The van der Waals surface area contributed by atoms with Crippen molar-refractivity contribution >= 4 is 0 Å². The van der Waals surface area contributed by atoms with E-state index in [1.54, 1.807) is 10.9 Å². The van der Waals surface area contributed by atoms with Gasteiger partial charge in [0.1, 0.15) is 5.75 Å². The van der Waals surface area contributed by atoms with Crippen LogP contribution in [0.15, 0.2) is 30.5 Å². The third kappa shape index (κ3) is 3.81. The molecule has 0 aliphatic heterocycles. The lowest BCUT2D eigenvalue weighted by atomic mass is 10.1. The average Bonchev–Trinajstić information content (AvgIpc) is 2.81. The number of aryl methyl sites for hydroxylation is 1. The number of nitrogens with one attached hydrogen (secondary N) is 1. The summed E-state index contributed by atoms with van der Waals surface area (Å²) in [5.41, 5.74) is 2.27. The van der Waals surface area contributed by atoms with E-state index in [0.717, 1.165) is 18.0 Å². The predicted molar refractivity (Wildman–Crippen MR) is 78.5 cm³/mol. The highest BCUT2D eigenvalue weighted by Gasteiger charge is 2.08. The molecule has 1 unspecified atom stereocenters. The molecule has 0 saturated heterocycles. The van der Waals surface area contributed by atoms with Crippen molar-refractivity contribution in [2.24, 2.45) is 7.05 Å². The first-order valence-corrected chi connectivity index (χ1v) is 6.90. The standard InChI is InChI=1S/C15H22N4O/c1-11(2)20-15-7-5-6-13(8-15)12(3)16-9-14-10-17-18-19(14)4/h5-8,10-12,16H,9H2,1-4H3. The van der Waals surface area contributed by atoms with Crippen molar-refractivity contribution < 1.29 is 4.74 Å². The molecule has 5 heteroatoms. The van der Waals surface area contributed by atoms with Crippen LogP contribution in [0, 0.1) is 0 Å². The Labute approximate surface area is 120 Å². The number of nitrogens with zero attached hydrogens (tertiary/aromatic N) is 3. The molecule has 0 spiro atoms. The van der Waals surface area contributed by atoms with Crippen molar-refractivity contribution in [1.29, 1.82) is 0 Å². The van der Waals surface area contributed by atoms with Gasteiger partial charge in [-0.05, 0) is 38.5 Å². The van der Waals surface area contributed by atoms with Crippen LogP contribution in [-0.4, -0.2) is 21.1 Å². The number of benzene rings is 1. The smallest absolute Gasteiger partial charge is 0.120 e. The van der Waals surface area contributed by atoms with Gasteiger partial charge in [-0.1, -0.05) is 17.3 Å². The third-order valence-electron chi connectivity index (χ3n) is 3.13. The van der Waals surface area contributed by atoms with E-state index in [0.29, 0.717) is 0 Å². The van der Waals surface area contributed by atoms with E-state index in [9.17, 15) is 0 Å². The van der Waals surface area contributed by atoms with Crippen molar-refractivity contribution in [3.05, 3.63) is 41.7 Å². The Morgan fingerprint density at radius 2 is 2.10 bits per heavy atom. The Morgan fingerprint density at radius 1 is 1.30 bits per heavy atom. The Kier molecular flexibility index (Phi) is 4.74. The molecule has 2 rings (SSSR count). The highest BCUT2D eigenvalue weighted by Crippen LogP contribution is 2.20. The minimum atomic E-state index is 0.189. The zero-order valence-corrected chi connectivity index (χ0v) is 12.5. The van der Waals surface area contributed by atoms with E-state index in [-0.39, 0.29) is 12.1 Å². The van der Waals surface area contributed by atoms with E-state index in [4.69, 9.17) is 4.74 Å². The van der Waals surface area contributed by atoms with Gasteiger partial charge < -0.3 is 10.1 Å². The summed E-state index contributed by atoms with van der Waals surface area (Å²) in [6.45, 7) is 6.94. The number of ether oxygens (including phenoxy) is 1. The minimum Gasteiger partial charge on any atom is -0.491 e. The van der Waals surface area contributed by atoms with Crippen LogP contribution in [0.5, 0.6) is 5.75 Å². The number of aromatic nitrogens is 3. The maximum atomic E-state index is 5.72. The van der Waals surface area contributed by atoms with E-state index in [2.05, 4.69) is 34.7 Å². The van der Waals surface area contributed by atoms with Crippen LogP contribution in [0.3, 0.4) is 0 Å². The lowest BCUT2D eigenvalue weighted by molar-refractivity contribution is 0.242. The van der Waals surface area contributed by atoms with Gasteiger partial charge in [-0.15, -0.1) is 5.10 Å². The van der Waals surface area contributed by atoms with Crippen molar-refractivity contribution in [3.8, 4) is 5.75 Å². The maximum absolute atomic E-state index is 5.72. The van der Waals surface area contributed by atoms with Gasteiger partial charge in [0.25, 0.3) is 0 Å². The monoisotopic (exact) mass is 274 g/mol. The topological polar surface area (TPSA) is 52.0 Å².